The zero-order valence-electron chi connectivity index (χ0n) is 8.61. The Kier molecular flexibility index (Phi) is 3.40. The van der Waals surface area contributed by atoms with Gasteiger partial charge in [-0.05, 0) is 28.1 Å². The van der Waals surface area contributed by atoms with Crippen LogP contribution in [0.25, 0.3) is 0 Å². The van der Waals surface area contributed by atoms with Crippen molar-refractivity contribution in [3.63, 3.8) is 0 Å². The van der Waals surface area contributed by atoms with Crippen molar-refractivity contribution in [2.75, 3.05) is 0 Å². The summed E-state index contributed by atoms with van der Waals surface area (Å²) < 4.78 is 2.81. The highest BCUT2D eigenvalue weighted by atomic mass is 79.9. The van der Waals surface area contributed by atoms with E-state index in [0.717, 1.165) is 8.66 Å². The fourth-order valence-corrected chi connectivity index (χ4v) is 2.66. The number of amides is 1. The van der Waals surface area contributed by atoms with Crippen molar-refractivity contribution in [1.82, 2.24) is 14.9 Å². The van der Waals surface area contributed by atoms with Gasteiger partial charge in [0.05, 0.1) is 16.7 Å². The van der Waals surface area contributed by atoms with E-state index in [1.807, 2.05) is 19.2 Å². The Hall–Kier alpha value is -1.14. The number of nitrogens with zero attached hydrogens (tertiary/aromatic N) is 2. The number of nitrogens with one attached hydrogen (secondary N) is 1. The molecule has 2 heterocycles. The Bertz CT molecular complexity index is 506. The third kappa shape index (κ3) is 2.70. The average Bonchev–Trinajstić information content (AvgIpc) is 2.84. The summed E-state index contributed by atoms with van der Waals surface area (Å²) >= 11 is 4.98. The summed E-state index contributed by atoms with van der Waals surface area (Å²) in [6.45, 7) is 0.533. The number of hydrogen-bond acceptors (Lipinski definition) is 3. The van der Waals surface area contributed by atoms with Gasteiger partial charge in [-0.3, -0.25) is 4.79 Å². The monoisotopic (exact) mass is 299 g/mol. The molecule has 0 saturated carbocycles. The zero-order chi connectivity index (χ0) is 11.5. The Morgan fingerprint density at radius 3 is 3.00 bits per heavy atom. The molecule has 0 fully saturated rings. The summed E-state index contributed by atoms with van der Waals surface area (Å²) in [6.07, 6.45) is 3.30. The maximum absolute atomic E-state index is 11.6. The van der Waals surface area contributed by atoms with Gasteiger partial charge in [-0.1, -0.05) is 0 Å². The molecule has 0 aromatic carbocycles. The van der Waals surface area contributed by atoms with E-state index in [1.165, 1.54) is 0 Å². The van der Waals surface area contributed by atoms with Gasteiger partial charge in [-0.2, -0.15) is 0 Å². The van der Waals surface area contributed by atoms with Gasteiger partial charge in [0.1, 0.15) is 5.69 Å². The Balaban J connectivity index is 1.93. The number of carbonyl (C=O) groups is 1. The first-order chi connectivity index (χ1) is 7.65. The molecule has 2 aromatic rings. The van der Waals surface area contributed by atoms with Crippen molar-refractivity contribution in [3.8, 4) is 0 Å². The van der Waals surface area contributed by atoms with E-state index in [2.05, 4.69) is 26.2 Å². The minimum Gasteiger partial charge on any atom is -0.346 e. The number of aromatic nitrogens is 2. The minimum absolute atomic E-state index is 0.148. The van der Waals surface area contributed by atoms with Crippen LogP contribution in [0, 0.1) is 0 Å². The molecule has 0 aliphatic rings. The van der Waals surface area contributed by atoms with Crippen LogP contribution in [0.3, 0.4) is 0 Å². The summed E-state index contributed by atoms with van der Waals surface area (Å²) in [6, 6.07) is 3.94. The van der Waals surface area contributed by atoms with Gasteiger partial charge in [0, 0.05) is 18.1 Å². The van der Waals surface area contributed by atoms with Crippen LogP contribution in [-0.4, -0.2) is 15.5 Å². The fraction of sp³-hybridized carbons (Fsp3) is 0.200. The van der Waals surface area contributed by atoms with E-state index >= 15 is 0 Å². The smallest absolute Gasteiger partial charge is 0.271 e. The second-order valence-corrected chi connectivity index (χ2v) is 5.86. The molecule has 1 N–H and O–H groups in total. The number of imidazole rings is 1. The number of halogens is 1. The molecule has 0 aliphatic carbocycles. The van der Waals surface area contributed by atoms with Gasteiger partial charge in [0.15, 0.2) is 0 Å². The zero-order valence-corrected chi connectivity index (χ0v) is 11.0. The topological polar surface area (TPSA) is 46.9 Å². The quantitative estimate of drug-likeness (QED) is 0.944. The van der Waals surface area contributed by atoms with Crippen molar-refractivity contribution < 1.29 is 4.79 Å². The van der Waals surface area contributed by atoms with Crippen LogP contribution in [0.4, 0.5) is 0 Å². The van der Waals surface area contributed by atoms with Crippen LogP contribution in [0.15, 0.2) is 28.4 Å². The summed E-state index contributed by atoms with van der Waals surface area (Å²) in [5, 5.41) is 2.82. The molecule has 4 nitrogen and oxygen atoms in total. The molecule has 84 valence electrons. The van der Waals surface area contributed by atoms with Crippen LogP contribution >= 0.6 is 27.3 Å². The maximum Gasteiger partial charge on any atom is 0.271 e. The SMILES string of the molecule is Cn1cnc(C(=O)NCc2ccc(Br)s2)c1. The van der Waals surface area contributed by atoms with E-state index in [4.69, 9.17) is 0 Å². The highest BCUT2D eigenvalue weighted by Gasteiger charge is 2.08. The molecule has 0 aliphatic heterocycles. The molecular formula is C10H10BrN3OS. The van der Waals surface area contributed by atoms with E-state index in [-0.39, 0.29) is 5.91 Å². The molecule has 0 atom stereocenters. The predicted octanol–water partition coefficient (Wildman–Crippen LogP) is 2.17. The first kappa shape index (κ1) is 11.3. The van der Waals surface area contributed by atoms with Gasteiger partial charge >= 0.3 is 0 Å². The lowest BCUT2D eigenvalue weighted by Gasteiger charge is -1.99. The largest absolute Gasteiger partial charge is 0.346 e. The number of aryl methyl sites for hydroxylation is 1. The molecule has 16 heavy (non-hydrogen) atoms. The molecule has 1 amide bonds. The number of thiophene rings is 1. The minimum atomic E-state index is -0.148. The van der Waals surface area contributed by atoms with Gasteiger partial charge in [-0.25, -0.2) is 4.98 Å². The Morgan fingerprint density at radius 1 is 1.62 bits per heavy atom. The van der Waals surface area contributed by atoms with Crippen LogP contribution in [-0.2, 0) is 13.6 Å². The number of rotatable bonds is 3. The highest BCUT2D eigenvalue weighted by Crippen LogP contribution is 2.21. The average molecular weight is 300 g/mol. The van der Waals surface area contributed by atoms with Crippen molar-refractivity contribution >= 4 is 33.2 Å². The molecular weight excluding hydrogens is 290 g/mol. The first-order valence-corrected chi connectivity index (χ1v) is 6.26. The van der Waals surface area contributed by atoms with Crippen LogP contribution < -0.4 is 5.32 Å². The van der Waals surface area contributed by atoms with Gasteiger partial charge < -0.3 is 9.88 Å². The van der Waals surface area contributed by atoms with Gasteiger partial charge in [0.2, 0.25) is 0 Å². The summed E-state index contributed by atoms with van der Waals surface area (Å²) in [7, 11) is 1.83. The summed E-state index contributed by atoms with van der Waals surface area (Å²) in [5.74, 6) is -0.148. The van der Waals surface area contributed by atoms with Gasteiger partial charge in [-0.15, -0.1) is 11.3 Å². The molecule has 6 heteroatoms. The normalized spacial score (nSPS) is 10.4. The molecule has 0 unspecified atom stereocenters. The maximum atomic E-state index is 11.6. The van der Waals surface area contributed by atoms with E-state index in [1.54, 1.807) is 28.4 Å². The number of carbonyl (C=O) groups excluding carboxylic acids is 1. The third-order valence-corrected chi connectivity index (χ3v) is 3.61. The van der Waals surface area contributed by atoms with Crippen molar-refractivity contribution in [2.24, 2.45) is 7.05 Å². The van der Waals surface area contributed by atoms with Crippen molar-refractivity contribution in [2.45, 2.75) is 6.54 Å². The highest BCUT2D eigenvalue weighted by molar-refractivity contribution is 9.11. The standard InChI is InChI=1S/C10H10BrN3OS/c1-14-5-8(13-6-14)10(15)12-4-7-2-3-9(11)16-7/h2-3,5-6H,4H2,1H3,(H,12,15). The van der Waals surface area contributed by atoms with Gasteiger partial charge in [0.25, 0.3) is 5.91 Å². The molecule has 0 saturated heterocycles. The number of hydrogen-bond donors (Lipinski definition) is 1. The third-order valence-electron chi connectivity index (χ3n) is 1.99. The lowest BCUT2D eigenvalue weighted by Crippen LogP contribution is -2.22. The van der Waals surface area contributed by atoms with E-state index < -0.39 is 0 Å². The Morgan fingerprint density at radius 2 is 2.44 bits per heavy atom. The summed E-state index contributed by atoms with van der Waals surface area (Å²) in [5.41, 5.74) is 0.443. The van der Waals surface area contributed by atoms with Crippen LogP contribution in [0.5, 0.6) is 0 Å². The van der Waals surface area contributed by atoms with Crippen molar-refractivity contribution in [3.05, 3.63) is 39.0 Å². The second-order valence-electron chi connectivity index (χ2n) is 3.31. The molecule has 0 spiro atoms. The second kappa shape index (κ2) is 4.80. The predicted molar refractivity (Wildman–Crippen MR) is 66.4 cm³/mol. The summed E-state index contributed by atoms with van der Waals surface area (Å²) in [4.78, 5) is 16.7. The fourth-order valence-electron chi connectivity index (χ4n) is 1.23. The van der Waals surface area contributed by atoms with Crippen molar-refractivity contribution in [1.29, 1.82) is 0 Å². The molecule has 2 aromatic heterocycles. The lowest BCUT2D eigenvalue weighted by atomic mass is 10.4. The molecule has 2 rings (SSSR count). The van der Waals surface area contributed by atoms with E-state index in [9.17, 15) is 4.79 Å². The van der Waals surface area contributed by atoms with E-state index in [0.29, 0.717) is 12.2 Å². The Labute approximate surface area is 105 Å². The van der Waals surface area contributed by atoms with Crippen LogP contribution in [0.1, 0.15) is 15.4 Å². The first-order valence-electron chi connectivity index (χ1n) is 4.65. The molecule has 0 bridgehead atoms. The lowest BCUT2D eigenvalue weighted by molar-refractivity contribution is 0.0946. The van der Waals surface area contributed by atoms with Crippen LogP contribution in [0.2, 0.25) is 0 Å². The molecule has 0 radical (unpaired) electrons.